The second-order valence-electron chi connectivity index (χ2n) is 5.79. The molecule has 1 aromatic rings. The van der Waals surface area contributed by atoms with E-state index in [0.29, 0.717) is 0 Å². The molecular formula is C15H21FN2O3. The maximum absolute atomic E-state index is 13.0. The molecule has 6 heteroatoms. The van der Waals surface area contributed by atoms with Crippen molar-refractivity contribution in [3.63, 3.8) is 0 Å². The molecule has 0 spiro atoms. The van der Waals surface area contributed by atoms with Gasteiger partial charge in [0.15, 0.2) is 6.61 Å². The number of rotatable bonds is 5. The van der Waals surface area contributed by atoms with E-state index < -0.39 is 5.82 Å². The summed E-state index contributed by atoms with van der Waals surface area (Å²) in [7, 11) is 1.51. The van der Waals surface area contributed by atoms with Crippen molar-refractivity contribution in [3.05, 3.63) is 30.1 Å². The molecule has 21 heavy (non-hydrogen) atoms. The zero-order chi connectivity index (χ0) is 16.0. The summed E-state index contributed by atoms with van der Waals surface area (Å²) in [6.07, 6.45) is 0. The highest BCUT2D eigenvalue weighted by atomic mass is 19.1. The minimum Gasteiger partial charge on any atom is -0.484 e. The summed E-state index contributed by atoms with van der Waals surface area (Å²) in [5, 5.41) is 2.76. The van der Waals surface area contributed by atoms with Gasteiger partial charge in [-0.15, -0.1) is 0 Å². The molecule has 0 aliphatic heterocycles. The highest BCUT2D eigenvalue weighted by molar-refractivity contribution is 5.85. The molecule has 1 aromatic carbocycles. The third-order valence-corrected chi connectivity index (χ3v) is 2.48. The van der Waals surface area contributed by atoms with E-state index in [0.717, 1.165) is 0 Å². The minimum atomic E-state index is -0.433. The normalized spacial score (nSPS) is 10.9. The van der Waals surface area contributed by atoms with Gasteiger partial charge in [0.2, 0.25) is 5.91 Å². The summed E-state index contributed by atoms with van der Waals surface area (Å²) in [4.78, 5) is 24.8. The lowest BCUT2D eigenvalue weighted by Gasteiger charge is -2.23. The van der Waals surface area contributed by atoms with E-state index in [4.69, 9.17) is 4.74 Å². The van der Waals surface area contributed by atoms with Gasteiger partial charge < -0.3 is 15.0 Å². The van der Waals surface area contributed by atoms with Crippen molar-refractivity contribution in [1.82, 2.24) is 10.2 Å². The van der Waals surface area contributed by atoms with Crippen molar-refractivity contribution in [3.8, 4) is 5.75 Å². The fraction of sp³-hybridized carbons (Fsp3) is 0.467. The van der Waals surface area contributed by atoms with Crippen molar-refractivity contribution >= 4 is 11.8 Å². The first-order chi connectivity index (χ1) is 9.67. The van der Waals surface area contributed by atoms with Crippen molar-refractivity contribution in [2.75, 3.05) is 20.2 Å². The number of carbonyl (C=O) groups is 2. The molecule has 0 heterocycles. The van der Waals surface area contributed by atoms with Gasteiger partial charge in [0, 0.05) is 18.7 Å². The van der Waals surface area contributed by atoms with E-state index in [1.807, 2.05) is 20.8 Å². The van der Waals surface area contributed by atoms with E-state index in [1.165, 1.54) is 30.1 Å². The Hall–Kier alpha value is -2.11. The smallest absolute Gasteiger partial charge is 0.260 e. The fourth-order valence-electron chi connectivity index (χ4n) is 1.57. The molecule has 1 N–H and O–H groups in total. The zero-order valence-corrected chi connectivity index (χ0v) is 12.8. The number of likely N-dealkylation sites (N-methyl/N-ethyl adjacent to an activating group) is 1. The van der Waals surface area contributed by atoms with Gasteiger partial charge in [-0.1, -0.05) is 6.07 Å². The third-order valence-electron chi connectivity index (χ3n) is 2.48. The third kappa shape index (κ3) is 6.74. The first kappa shape index (κ1) is 16.9. The Morgan fingerprint density at radius 3 is 2.57 bits per heavy atom. The van der Waals surface area contributed by atoms with Crippen molar-refractivity contribution in [2.24, 2.45) is 0 Å². The van der Waals surface area contributed by atoms with E-state index in [9.17, 15) is 14.0 Å². The lowest BCUT2D eigenvalue weighted by molar-refractivity contribution is -0.136. The van der Waals surface area contributed by atoms with Crippen LogP contribution in [0.4, 0.5) is 4.39 Å². The van der Waals surface area contributed by atoms with E-state index in [1.54, 1.807) is 6.07 Å². The van der Waals surface area contributed by atoms with Crippen LogP contribution in [0, 0.1) is 5.82 Å². The summed E-state index contributed by atoms with van der Waals surface area (Å²) in [5.41, 5.74) is -0.348. The molecule has 0 radical (unpaired) electrons. The number of ether oxygens (including phenoxy) is 1. The van der Waals surface area contributed by atoms with Gasteiger partial charge >= 0.3 is 0 Å². The minimum absolute atomic E-state index is 0.0530. The van der Waals surface area contributed by atoms with Crippen LogP contribution in [-0.4, -0.2) is 42.5 Å². The maximum Gasteiger partial charge on any atom is 0.260 e. The van der Waals surface area contributed by atoms with Crippen LogP contribution in [0.25, 0.3) is 0 Å². The number of halogens is 1. The number of hydrogen-bond acceptors (Lipinski definition) is 3. The highest BCUT2D eigenvalue weighted by Gasteiger charge is 2.18. The largest absolute Gasteiger partial charge is 0.484 e. The van der Waals surface area contributed by atoms with Crippen LogP contribution in [0.2, 0.25) is 0 Å². The molecule has 1 rings (SSSR count). The van der Waals surface area contributed by atoms with E-state index >= 15 is 0 Å². The standard InChI is InChI=1S/C15H21FN2O3/c1-15(2,3)17-13(19)9-18(4)14(20)10-21-12-7-5-6-11(16)8-12/h5-8H,9-10H2,1-4H3,(H,17,19). The van der Waals surface area contributed by atoms with Gasteiger partial charge in [-0.2, -0.15) is 0 Å². The number of carbonyl (C=O) groups excluding carboxylic acids is 2. The average Bonchev–Trinajstić information content (AvgIpc) is 2.33. The van der Waals surface area contributed by atoms with Crippen molar-refractivity contribution in [1.29, 1.82) is 0 Å². The maximum atomic E-state index is 13.0. The molecular weight excluding hydrogens is 275 g/mol. The summed E-state index contributed by atoms with van der Waals surface area (Å²) in [6.45, 7) is 5.28. The van der Waals surface area contributed by atoms with Crippen LogP contribution in [0.3, 0.4) is 0 Å². The Morgan fingerprint density at radius 2 is 2.00 bits per heavy atom. The van der Waals surface area contributed by atoms with Gasteiger partial charge in [0.25, 0.3) is 5.91 Å². The predicted octanol–water partition coefficient (Wildman–Crippen LogP) is 1.58. The monoisotopic (exact) mass is 296 g/mol. The summed E-state index contributed by atoms with van der Waals surface area (Å²) < 4.78 is 18.1. The quantitative estimate of drug-likeness (QED) is 0.897. The average molecular weight is 296 g/mol. The van der Waals surface area contributed by atoms with Crippen LogP contribution < -0.4 is 10.1 Å². The number of benzene rings is 1. The highest BCUT2D eigenvalue weighted by Crippen LogP contribution is 2.11. The Morgan fingerprint density at radius 1 is 1.33 bits per heavy atom. The van der Waals surface area contributed by atoms with Crippen LogP contribution in [-0.2, 0) is 9.59 Å². The van der Waals surface area contributed by atoms with Gasteiger partial charge in [0.05, 0.1) is 6.54 Å². The van der Waals surface area contributed by atoms with Crippen LogP contribution in [0.5, 0.6) is 5.75 Å². The second kappa shape index (κ2) is 7.06. The zero-order valence-electron chi connectivity index (χ0n) is 12.8. The lowest BCUT2D eigenvalue weighted by atomic mass is 10.1. The summed E-state index contributed by atoms with van der Waals surface area (Å²) in [5.74, 6) is -0.763. The topological polar surface area (TPSA) is 58.6 Å². The first-order valence-electron chi connectivity index (χ1n) is 6.61. The molecule has 0 aromatic heterocycles. The molecule has 5 nitrogen and oxygen atoms in total. The van der Waals surface area contributed by atoms with E-state index in [-0.39, 0.29) is 36.3 Å². The number of nitrogens with one attached hydrogen (secondary N) is 1. The Kier molecular flexibility index (Phi) is 5.69. The molecule has 0 aliphatic rings. The molecule has 0 bridgehead atoms. The van der Waals surface area contributed by atoms with E-state index in [2.05, 4.69) is 5.32 Å². The molecule has 0 aliphatic carbocycles. The molecule has 0 unspecified atom stereocenters. The number of nitrogens with zero attached hydrogens (tertiary/aromatic N) is 1. The number of amides is 2. The fourth-order valence-corrected chi connectivity index (χ4v) is 1.57. The first-order valence-corrected chi connectivity index (χ1v) is 6.61. The molecule has 0 fully saturated rings. The predicted molar refractivity (Wildman–Crippen MR) is 77.4 cm³/mol. The van der Waals surface area contributed by atoms with Gasteiger partial charge in [0.1, 0.15) is 11.6 Å². The summed E-state index contributed by atoms with van der Waals surface area (Å²) >= 11 is 0. The van der Waals surface area contributed by atoms with Gasteiger partial charge in [-0.3, -0.25) is 9.59 Å². The number of hydrogen-bond donors (Lipinski definition) is 1. The van der Waals surface area contributed by atoms with Crippen LogP contribution >= 0.6 is 0 Å². The van der Waals surface area contributed by atoms with Crippen LogP contribution in [0.15, 0.2) is 24.3 Å². The SMILES string of the molecule is CN(CC(=O)NC(C)(C)C)C(=O)COc1cccc(F)c1. The summed E-state index contributed by atoms with van der Waals surface area (Å²) in [6, 6.07) is 5.54. The molecule has 0 atom stereocenters. The van der Waals surface area contributed by atoms with Gasteiger partial charge in [-0.25, -0.2) is 4.39 Å². The van der Waals surface area contributed by atoms with Crippen LogP contribution in [0.1, 0.15) is 20.8 Å². The Labute approximate surface area is 124 Å². The second-order valence-corrected chi connectivity index (χ2v) is 5.79. The Bertz CT molecular complexity index is 512. The van der Waals surface area contributed by atoms with Crippen molar-refractivity contribution in [2.45, 2.75) is 26.3 Å². The van der Waals surface area contributed by atoms with Crippen molar-refractivity contribution < 1.29 is 18.7 Å². The Balaban J connectivity index is 2.43. The molecule has 0 saturated heterocycles. The lowest BCUT2D eigenvalue weighted by Crippen LogP contribution is -2.47. The van der Waals surface area contributed by atoms with Gasteiger partial charge in [-0.05, 0) is 32.9 Å². The molecule has 2 amide bonds. The molecule has 0 saturated carbocycles. The molecule has 116 valence electrons.